The lowest BCUT2D eigenvalue weighted by molar-refractivity contribution is -0.119. The number of nitrogens with zero attached hydrogens (tertiary/aromatic N) is 1. The molecule has 0 saturated carbocycles. The molecule has 0 bridgehead atoms. The number of ether oxygens (including phenoxy) is 1. The first-order chi connectivity index (χ1) is 13.7. The number of esters is 1. The van der Waals surface area contributed by atoms with Gasteiger partial charge in [-0.25, -0.2) is 13.2 Å². The Morgan fingerprint density at radius 1 is 0.966 bits per heavy atom. The molecule has 0 aliphatic rings. The van der Waals surface area contributed by atoms with Crippen molar-refractivity contribution in [2.24, 2.45) is 0 Å². The van der Waals surface area contributed by atoms with E-state index in [0.717, 1.165) is 11.1 Å². The fourth-order valence-electron chi connectivity index (χ4n) is 2.93. The molecule has 2 aromatic carbocycles. The first-order valence-electron chi connectivity index (χ1n) is 9.32. The molecule has 0 fully saturated rings. The van der Waals surface area contributed by atoms with Gasteiger partial charge in [-0.15, -0.1) is 0 Å². The Labute approximate surface area is 171 Å². The first kappa shape index (κ1) is 22.6. The largest absolute Gasteiger partial charge is 0.452 e. The van der Waals surface area contributed by atoms with Gasteiger partial charge in [0.1, 0.15) is 0 Å². The number of carbonyl (C=O) groups is 2. The molecule has 0 aliphatic heterocycles. The molecule has 0 atom stereocenters. The van der Waals surface area contributed by atoms with Gasteiger partial charge in [0.25, 0.3) is 5.91 Å². The van der Waals surface area contributed by atoms with Crippen LogP contribution < -0.4 is 5.32 Å². The number of nitrogens with one attached hydrogen (secondary N) is 1. The number of amides is 1. The van der Waals surface area contributed by atoms with E-state index >= 15 is 0 Å². The van der Waals surface area contributed by atoms with Gasteiger partial charge in [0.15, 0.2) is 6.61 Å². The Kier molecular flexibility index (Phi) is 7.53. The number of benzene rings is 2. The molecule has 29 heavy (non-hydrogen) atoms. The highest BCUT2D eigenvalue weighted by Gasteiger charge is 2.21. The number of rotatable bonds is 8. The molecule has 2 rings (SSSR count). The molecular weight excluding hydrogens is 392 g/mol. The summed E-state index contributed by atoms with van der Waals surface area (Å²) in [5, 5.41) is 2.58. The van der Waals surface area contributed by atoms with Crippen LogP contribution in [0.4, 0.5) is 5.69 Å². The predicted molar refractivity (Wildman–Crippen MR) is 111 cm³/mol. The van der Waals surface area contributed by atoms with Crippen LogP contribution in [0.5, 0.6) is 0 Å². The predicted octanol–water partition coefficient (Wildman–Crippen LogP) is 3.13. The lowest BCUT2D eigenvalue weighted by atomic mass is 10.1. The second-order valence-corrected chi connectivity index (χ2v) is 8.55. The smallest absolute Gasteiger partial charge is 0.338 e. The molecule has 0 radical (unpaired) electrons. The molecule has 0 heterocycles. The molecule has 0 aromatic heterocycles. The second-order valence-electron chi connectivity index (χ2n) is 6.61. The van der Waals surface area contributed by atoms with Gasteiger partial charge in [0, 0.05) is 18.8 Å². The Bertz CT molecular complexity index is 960. The third-order valence-electron chi connectivity index (χ3n) is 4.27. The Hall–Kier alpha value is -2.71. The van der Waals surface area contributed by atoms with Gasteiger partial charge >= 0.3 is 5.97 Å². The van der Waals surface area contributed by atoms with E-state index in [2.05, 4.69) is 5.32 Å². The number of anilines is 1. The number of sulfonamides is 1. The van der Waals surface area contributed by atoms with Crippen LogP contribution in [-0.4, -0.2) is 44.3 Å². The second kappa shape index (κ2) is 9.67. The fraction of sp³-hybridized carbons (Fsp3) is 0.333. The first-order valence-corrected chi connectivity index (χ1v) is 10.8. The van der Waals surface area contributed by atoms with Gasteiger partial charge < -0.3 is 10.1 Å². The minimum Gasteiger partial charge on any atom is -0.452 e. The van der Waals surface area contributed by atoms with Crippen molar-refractivity contribution >= 4 is 27.6 Å². The summed E-state index contributed by atoms with van der Waals surface area (Å²) in [7, 11) is -3.55. The van der Waals surface area contributed by atoms with E-state index in [-0.39, 0.29) is 4.90 Å². The van der Waals surface area contributed by atoms with Crippen LogP contribution in [-0.2, 0) is 19.6 Å². The van der Waals surface area contributed by atoms with Gasteiger partial charge in [-0.2, -0.15) is 4.31 Å². The molecular formula is C21H26N2O5S. The summed E-state index contributed by atoms with van der Waals surface area (Å²) in [6.07, 6.45) is 0. The van der Waals surface area contributed by atoms with Crippen LogP contribution in [0.25, 0.3) is 0 Å². The topological polar surface area (TPSA) is 92.8 Å². The van der Waals surface area contributed by atoms with E-state index in [9.17, 15) is 18.0 Å². The van der Waals surface area contributed by atoms with Crippen molar-refractivity contribution in [1.29, 1.82) is 0 Å². The minimum atomic E-state index is -3.55. The van der Waals surface area contributed by atoms with Crippen LogP contribution in [0.15, 0.2) is 47.4 Å². The molecule has 1 amide bonds. The Morgan fingerprint density at radius 3 is 2.03 bits per heavy atom. The molecule has 1 N–H and O–H groups in total. The SMILES string of the molecule is CCN(CC)S(=O)(=O)c1ccc(NC(=O)COC(=O)c2cc(C)cc(C)c2)cc1. The Balaban J connectivity index is 1.96. The summed E-state index contributed by atoms with van der Waals surface area (Å²) in [6.45, 7) is 7.61. The maximum atomic E-state index is 12.5. The van der Waals surface area contributed by atoms with Gasteiger partial charge in [-0.3, -0.25) is 4.79 Å². The van der Waals surface area contributed by atoms with Gasteiger partial charge in [-0.05, 0) is 50.2 Å². The average molecular weight is 419 g/mol. The van der Waals surface area contributed by atoms with E-state index in [1.807, 2.05) is 19.9 Å². The summed E-state index contributed by atoms with van der Waals surface area (Å²) < 4.78 is 31.3. The molecule has 8 heteroatoms. The summed E-state index contributed by atoms with van der Waals surface area (Å²) >= 11 is 0. The van der Waals surface area contributed by atoms with E-state index < -0.39 is 28.5 Å². The van der Waals surface area contributed by atoms with E-state index in [1.165, 1.54) is 28.6 Å². The van der Waals surface area contributed by atoms with Gasteiger partial charge in [0.05, 0.1) is 10.5 Å². The zero-order chi connectivity index (χ0) is 21.6. The van der Waals surface area contributed by atoms with Crippen molar-refractivity contribution in [3.63, 3.8) is 0 Å². The number of hydrogen-bond acceptors (Lipinski definition) is 5. The van der Waals surface area contributed by atoms with E-state index in [1.54, 1.807) is 26.0 Å². The minimum absolute atomic E-state index is 0.153. The average Bonchev–Trinajstić information content (AvgIpc) is 2.66. The molecule has 2 aromatic rings. The monoisotopic (exact) mass is 418 g/mol. The molecule has 7 nitrogen and oxygen atoms in total. The highest BCUT2D eigenvalue weighted by atomic mass is 32.2. The van der Waals surface area contributed by atoms with Crippen LogP contribution in [0, 0.1) is 13.8 Å². The molecule has 0 unspecified atom stereocenters. The van der Waals surface area contributed by atoms with Crippen LogP contribution in [0.3, 0.4) is 0 Å². The quantitative estimate of drug-likeness (QED) is 0.665. The van der Waals surface area contributed by atoms with E-state index in [4.69, 9.17) is 4.74 Å². The molecule has 0 aliphatic carbocycles. The van der Waals surface area contributed by atoms with Crippen molar-refractivity contribution in [1.82, 2.24) is 4.31 Å². The lowest BCUT2D eigenvalue weighted by Gasteiger charge is -2.18. The molecule has 156 valence electrons. The lowest BCUT2D eigenvalue weighted by Crippen LogP contribution is -2.30. The summed E-state index contributed by atoms with van der Waals surface area (Å²) in [5.74, 6) is -1.09. The van der Waals surface area contributed by atoms with Crippen molar-refractivity contribution in [2.75, 3.05) is 25.0 Å². The third-order valence-corrected chi connectivity index (χ3v) is 6.34. The maximum absolute atomic E-state index is 12.5. The van der Waals surface area contributed by atoms with Gasteiger partial charge in [0.2, 0.25) is 10.0 Å². The third kappa shape index (κ3) is 5.88. The molecule has 0 saturated heterocycles. The zero-order valence-electron chi connectivity index (χ0n) is 17.1. The zero-order valence-corrected chi connectivity index (χ0v) is 17.9. The number of carbonyl (C=O) groups excluding carboxylic acids is 2. The Morgan fingerprint density at radius 2 is 1.52 bits per heavy atom. The van der Waals surface area contributed by atoms with E-state index in [0.29, 0.717) is 24.3 Å². The standard InChI is InChI=1S/C21H26N2O5S/c1-5-23(6-2)29(26,27)19-9-7-18(8-10-19)22-20(24)14-28-21(25)17-12-15(3)11-16(4)13-17/h7-13H,5-6,14H2,1-4H3,(H,22,24). The van der Waals surface area contributed by atoms with Crippen LogP contribution >= 0.6 is 0 Å². The van der Waals surface area contributed by atoms with Gasteiger partial charge in [-0.1, -0.05) is 31.0 Å². The normalized spacial score (nSPS) is 11.3. The summed E-state index contributed by atoms with van der Waals surface area (Å²) in [6, 6.07) is 11.2. The van der Waals surface area contributed by atoms with Crippen molar-refractivity contribution in [3.05, 3.63) is 59.2 Å². The van der Waals surface area contributed by atoms with Crippen LogP contribution in [0.1, 0.15) is 35.3 Å². The fourth-order valence-corrected chi connectivity index (χ4v) is 4.38. The highest BCUT2D eigenvalue weighted by Crippen LogP contribution is 2.18. The highest BCUT2D eigenvalue weighted by molar-refractivity contribution is 7.89. The van der Waals surface area contributed by atoms with Crippen molar-refractivity contribution in [3.8, 4) is 0 Å². The number of aryl methyl sites for hydroxylation is 2. The summed E-state index contributed by atoms with van der Waals surface area (Å²) in [5.41, 5.74) is 2.67. The van der Waals surface area contributed by atoms with Crippen molar-refractivity contribution < 1.29 is 22.7 Å². The van der Waals surface area contributed by atoms with Crippen molar-refractivity contribution in [2.45, 2.75) is 32.6 Å². The molecule has 0 spiro atoms. The van der Waals surface area contributed by atoms with Crippen LogP contribution in [0.2, 0.25) is 0 Å². The number of hydrogen-bond donors (Lipinski definition) is 1. The maximum Gasteiger partial charge on any atom is 0.338 e. The summed E-state index contributed by atoms with van der Waals surface area (Å²) in [4.78, 5) is 24.3.